The summed E-state index contributed by atoms with van der Waals surface area (Å²) in [6.07, 6.45) is 14.1. The smallest absolute Gasteiger partial charge is 0.119 e. The number of hydrogen-bond donors (Lipinski definition) is 0. The van der Waals surface area contributed by atoms with Crippen LogP contribution in [0, 0.1) is 0 Å². The summed E-state index contributed by atoms with van der Waals surface area (Å²) >= 11 is 0. The Labute approximate surface area is 145 Å². The van der Waals surface area contributed by atoms with Gasteiger partial charge >= 0.3 is 0 Å². The molecule has 1 aromatic rings. The van der Waals surface area contributed by atoms with Crippen molar-refractivity contribution in [3.05, 3.63) is 46.8 Å². The summed E-state index contributed by atoms with van der Waals surface area (Å²) in [7, 11) is 1.76. The Bertz CT molecular complexity index is 727. The van der Waals surface area contributed by atoms with Gasteiger partial charge in [-0.15, -0.1) is 0 Å². The van der Waals surface area contributed by atoms with Crippen LogP contribution in [-0.2, 0) is 6.54 Å². The number of aromatic nitrogens is 2. The molecule has 0 spiro atoms. The quantitative estimate of drug-likeness (QED) is 0.433. The largest absolute Gasteiger partial charge is 0.274 e. The molecular formula is C20H28N4. The predicted molar refractivity (Wildman–Crippen MR) is 104 cm³/mol. The fourth-order valence-corrected chi connectivity index (χ4v) is 2.79. The summed E-state index contributed by atoms with van der Waals surface area (Å²) in [4.78, 5) is 8.43. The number of rotatable bonds is 5. The van der Waals surface area contributed by atoms with E-state index in [0.717, 1.165) is 23.5 Å². The number of allylic oxidation sites excluding steroid dienone is 6. The molecule has 0 radical (unpaired) electrons. The van der Waals surface area contributed by atoms with Crippen LogP contribution in [0.2, 0.25) is 0 Å². The van der Waals surface area contributed by atoms with Gasteiger partial charge in [-0.25, -0.2) is 4.99 Å². The van der Waals surface area contributed by atoms with Gasteiger partial charge in [0.15, 0.2) is 0 Å². The molecule has 1 aliphatic carbocycles. The number of nitrogens with zero attached hydrogens (tertiary/aromatic N) is 4. The van der Waals surface area contributed by atoms with Crippen LogP contribution in [0.15, 0.2) is 51.2 Å². The highest BCUT2D eigenvalue weighted by Gasteiger charge is 2.13. The van der Waals surface area contributed by atoms with Crippen molar-refractivity contribution in [2.75, 3.05) is 7.05 Å². The first-order valence-corrected chi connectivity index (χ1v) is 8.64. The van der Waals surface area contributed by atoms with Crippen molar-refractivity contribution in [1.29, 1.82) is 0 Å². The molecule has 4 heteroatoms. The highest BCUT2D eigenvalue weighted by Crippen LogP contribution is 2.31. The van der Waals surface area contributed by atoms with Gasteiger partial charge in [0.1, 0.15) is 5.84 Å². The van der Waals surface area contributed by atoms with Gasteiger partial charge < -0.3 is 0 Å². The number of amidine groups is 1. The Kier molecular flexibility index (Phi) is 6.47. The molecule has 1 aromatic heterocycles. The molecule has 0 aromatic carbocycles. The van der Waals surface area contributed by atoms with Crippen LogP contribution in [0.4, 0.5) is 0 Å². The Morgan fingerprint density at radius 3 is 2.71 bits per heavy atom. The Morgan fingerprint density at radius 2 is 2.12 bits per heavy atom. The average molecular weight is 324 g/mol. The molecule has 0 unspecified atom stereocenters. The lowest BCUT2D eigenvalue weighted by molar-refractivity contribution is 0.660. The maximum absolute atomic E-state index is 4.44. The Morgan fingerprint density at radius 1 is 1.33 bits per heavy atom. The topological polar surface area (TPSA) is 42.5 Å². The molecule has 0 saturated heterocycles. The van der Waals surface area contributed by atoms with Crippen molar-refractivity contribution in [2.24, 2.45) is 9.98 Å². The standard InChI is InChI=1S/C20H28N4/c1-6-24-14-19(13-23-24)20(16(3)18-9-7-8-10-18)11-15(2)12-22-17(4)21-5/h9,11-14H,6-8,10H2,1-5H3/b15-11+,20-16-,21-17-,22-12-. The van der Waals surface area contributed by atoms with E-state index in [9.17, 15) is 0 Å². The minimum Gasteiger partial charge on any atom is -0.274 e. The van der Waals surface area contributed by atoms with Gasteiger partial charge in [-0.3, -0.25) is 9.67 Å². The maximum Gasteiger partial charge on any atom is 0.119 e. The number of aliphatic imine (C=N–C) groups is 2. The zero-order chi connectivity index (χ0) is 17.5. The Balaban J connectivity index is 2.43. The second-order valence-electron chi connectivity index (χ2n) is 6.16. The number of hydrogen-bond acceptors (Lipinski definition) is 2. The van der Waals surface area contributed by atoms with Crippen LogP contribution < -0.4 is 0 Å². The molecular weight excluding hydrogens is 296 g/mol. The third kappa shape index (κ3) is 4.63. The highest BCUT2D eigenvalue weighted by molar-refractivity contribution is 5.95. The van der Waals surface area contributed by atoms with E-state index in [0.29, 0.717) is 0 Å². The van der Waals surface area contributed by atoms with E-state index in [-0.39, 0.29) is 0 Å². The second kappa shape index (κ2) is 8.57. The lowest BCUT2D eigenvalue weighted by Crippen LogP contribution is -1.94. The van der Waals surface area contributed by atoms with Crippen molar-refractivity contribution in [3.8, 4) is 0 Å². The molecule has 0 saturated carbocycles. The van der Waals surface area contributed by atoms with Crippen LogP contribution in [0.25, 0.3) is 5.57 Å². The van der Waals surface area contributed by atoms with Crippen LogP contribution in [0.5, 0.6) is 0 Å². The molecule has 128 valence electrons. The summed E-state index contributed by atoms with van der Waals surface area (Å²) in [5, 5.41) is 4.44. The summed E-state index contributed by atoms with van der Waals surface area (Å²) in [6.45, 7) is 9.18. The molecule has 1 heterocycles. The molecule has 4 nitrogen and oxygen atoms in total. The van der Waals surface area contributed by atoms with Crippen molar-refractivity contribution in [2.45, 2.75) is 53.5 Å². The zero-order valence-electron chi connectivity index (χ0n) is 15.5. The predicted octanol–water partition coefficient (Wildman–Crippen LogP) is 4.85. The van der Waals surface area contributed by atoms with E-state index in [4.69, 9.17) is 0 Å². The lowest BCUT2D eigenvalue weighted by Gasteiger charge is -2.09. The zero-order valence-corrected chi connectivity index (χ0v) is 15.5. The van der Waals surface area contributed by atoms with Crippen LogP contribution >= 0.6 is 0 Å². The molecule has 0 bridgehead atoms. The van der Waals surface area contributed by atoms with Gasteiger partial charge in [-0.05, 0) is 75.3 Å². The molecule has 0 amide bonds. The summed E-state index contributed by atoms with van der Waals surface area (Å²) in [6, 6.07) is 0. The van der Waals surface area contributed by atoms with Crippen LogP contribution in [0.1, 0.15) is 52.5 Å². The monoisotopic (exact) mass is 324 g/mol. The number of aryl methyl sites for hydroxylation is 1. The van der Waals surface area contributed by atoms with Crippen molar-refractivity contribution < 1.29 is 0 Å². The average Bonchev–Trinajstić information content (AvgIpc) is 3.28. The van der Waals surface area contributed by atoms with Crippen LogP contribution in [0.3, 0.4) is 0 Å². The molecule has 24 heavy (non-hydrogen) atoms. The van der Waals surface area contributed by atoms with Gasteiger partial charge in [-0.1, -0.05) is 6.08 Å². The fourth-order valence-electron chi connectivity index (χ4n) is 2.79. The maximum atomic E-state index is 4.44. The van der Waals surface area contributed by atoms with Crippen molar-refractivity contribution >= 4 is 17.6 Å². The lowest BCUT2D eigenvalue weighted by atomic mass is 9.95. The van der Waals surface area contributed by atoms with E-state index in [1.807, 2.05) is 24.0 Å². The van der Waals surface area contributed by atoms with Gasteiger partial charge in [0.2, 0.25) is 0 Å². The van der Waals surface area contributed by atoms with Crippen molar-refractivity contribution in [3.63, 3.8) is 0 Å². The van der Waals surface area contributed by atoms with Gasteiger partial charge in [0.05, 0.1) is 6.20 Å². The minimum atomic E-state index is 0.780. The highest BCUT2D eigenvalue weighted by atomic mass is 15.3. The SMILES string of the molecule is CCn1cc(C(/C=C(C)/C=N\C(C)=N/C)=C(/C)C2=CCCC2)cn1. The normalized spacial score (nSPS) is 17.5. The van der Waals surface area contributed by atoms with E-state index in [1.54, 1.807) is 7.05 Å². The van der Waals surface area contributed by atoms with E-state index < -0.39 is 0 Å². The van der Waals surface area contributed by atoms with Gasteiger partial charge in [-0.2, -0.15) is 5.10 Å². The van der Waals surface area contributed by atoms with Crippen molar-refractivity contribution in [1.82, 2.24) is 9.78 Å². The van der Waals surface area contributed by atoms with Gasteiger partial charge in [0, 0.05) is 31.6 Å². The molecule has 0 atom stereocenters. The van der Waals surface area contributed by atoms with E-state index in [2.05, 4.69) is 54.2 Å². The first-order valence-electron chi connectivity index (χ1n) is 8.64. The first-order chi connectivity index (χ1) is 11.5. The first kappa shape index (κ1) is 18.1. The van der Waals surface area contributed by atoms with Gasteiger partial charge in [0.25, 0.3) is 0 Å². The third-order valence-electron chi connectivity index (χ3n) is 4.35. The summed E-state index contributed by atoms with van der Waals surface area (Å²) < 4.78 is 1.97. The minimum absolute atomic E-state index is 0.780. The fraction of sp³-hybridized carbons (Fsp3) is 0.450. The molecule has 0 N–H and O–H groups in total. The molecule has 0 aliphatic heterocycles. The molecule has 0 fully saturated rings. The molecule has 2 rings (SSSR count). The Hall–Kier alpha value is -2.23. The summed E-state index contributed by atoms with van der Waals surface area (Å²) in [5.74, 6) is 0.780. The van der Waals surface area contributed by atoms with E-state index >= 15 is 0 Å². The van der Waals surface area contributed by atoms with E-state index in [1.165, 1.54) is 36.0 Å². The molecule has 1 aliphatic rings. The van der Waals surface area contributed by atoms with Crippen LogP contribution in [-0.4, -0.2) is 28.9 Å². The third-order valence-corrected chi connectivity index (χ3v) is 4.35. The second-order valence-corrected chi connectivity index (χ2v) is 6.16. The summed E-state index contributed by atoms with van der Waals surface area (Å²) in [5.41, 5.74) is 6.31.